The fourth-order valence-corrected chi connectivity index (χ4v) is 3.58. The molecule has 1 unspecified atom stereocenters. The molecule has 2 rings (SSSR count). The lowest BCUT2D eigenvalue weighted by molar-refractivity contribution is -0.885. The molecule has 2 aromatic rings. The number of anilines is 1. The Morgan fingerprint density at radius 1 is 1.08 bits per heavy atom. The Morgan fingerprint density at radius 3 is 2.19 bits per heavy atom. The van der Waals surface area contributed by atoms with Crippen molar-refractivity contribution in [3.63, 3.8) is 0 Å². The summed E-state index contributed by atoms with van der Waals surface area (Å²) in [4.78, 5) is 13.4. The average Bonchev–Trinajstić information content (AvgIpc) is 2.57. The molecule has 0 bridgehead atoms. The maximum Gasteiger partial charge on any atom is 0.279 e. The summed E-state index contributed by atoms with van der Waals surface area (Å²) in [5, 5.41) is 2.80. The summed E-state index contributed by atoms with van der Waals surface area (Å²) in [5.74, 6) is -0.122. The maximum atomic E-state index is 12.2. The topological polar surface area (TPSA) is 70.9 Å². The third kappa shape index (κ3) is 5.63. The van der Waals surface area contributed by atoms with Crippen LogP contribution in [0.15, 0.2) is 57.9 Å². The van der Waals surface area contributed by atoms with Crippen molar-refractivity contribution in [3.8, 4) is 0 Å². The molecule has 0 spiro atoms. The highest BCUT2D eigenvalue weighted by Crippen LogP contribution is 2.16. The van der Waals surface area contributed by atoms with Gasteiger partial charge in [0.1, 0.15) is 6.54 Å². The molecule has 2 N–H and O–H groups in total. The number of sulfonamides is 1. The minimum absolute atomic E-state index is 0.122. The second-order valence-electron chi connectivity index (χ2n) is 6.30. The highest BCUT2D eigenvalue weighted by molar-refractivity contribution is 9.10. The van der Waals surface area contributed by atoms with E-state index in [0.29, 0.717) is 12.2 Å². The van der Waals surface area contributed by atoms with Gasteiger partial charge >= 0.3 is 0 Å². The van der Waals surface area contributed by atoms with Crippen LogP contribution in [0.3, 0.4) is 0 Å². The van der Waals surface area contributed by atoms with Crippen LogP contribution in [-0.4, -0.2) is 46.3 Å². The van der Waals surface area contributed by atoms with Crippen LogP contribution >= 0.6 is 15.9 Å². The first-order chi connectivity index (χ1) is 12.2. The molecule has 1 amide bonds. The van der Waals surface area contributed by atoms with E-state index in [1.54, 1.807) is 12.1 Å². The number of rotatable bonds is 7. The maximum absolute atomic E-state index is 12.2. The molecule has 140 valence electrons. The molecule has 0 aliphatic heterocycles. The number of amides is 1. The highest BCUT2D eigenvalue weighted by atomic mass is 79.9. The molecule has 0 radical (unpaired) electrons. The Kier molecular flexibility index (Phi) is 6.94. The number of halogens is 1. The molecule has 6 nitrogen and oxygen atoms in total. The zero-order chi connectivity index (χ0) is 19.3. The molecular formula is C18H23BrN3O3S+. The van der Waals surface area contributed by atoms with Gasteiger partial charge in [-0.3, -0.25) is 4.79 Å². The lowest BCUT2D eigenvalue weighted by Crippen LogP contribution is -3.08. The minimum Gasteiger partial charge on any atom is -0.326 e. The fourth-order valence-electron chi connectivity index (χ4n) is 2.41. The summed E-state index contributed by atoms with van der Waals surface area (Å²) in [5.41, 5.74) is 1.72. The number of hydrogen-bond acceptors (Lipinski definition) is 3. The van der Waals surface area contributed by atoms with Crippen molar-refractivity contribution < 1.29 is 18.1 Å². The van der Waals surface area contributed by atoms with E-state index in [2.05, 4.69) is 21.2 Å². The highest BCUT2D eigenvalue weighted by Gasteiger charge is 2.17. The van der Waals surface area contributed by atoms with Crippen molar-refractivity contribution >= 4 is 37.5 Å². The summed E-state index contributed by atoms with van der Waals surface area (Å²) < 4.78 is 26.3. The lowest BCUT2D eigenvalue weighted by Gasteiger charge is -2.14. The quantitative estimate of drug-likeness (QED) is 0.682. The molecular weight excluding hydrogens is 418 g/mol. The second-order valence-corrected chi connectivity index (χ2v) is 9.36. The van der Waals surface area contributed by atoms with Gasteiger partial charge in [-0.1, -0.05) is 28.1 Å². The van der Waals surface area contributed by atoms with Gasteiger partial charge in [0.15, 0.2) is 6.54 Å². The zero-order valence-corrected chi connectivity index (χ0v) is 17.4. The molecule has 8 heteroatoms. The molecule has 26 heavy (non-hydrogen) atoms. The molecule has 0 fully saturated rings. The predicted molar refractivity (Wildman–Crippen MR) is 106 cm³/mol. The SMILES string of the molecule is CN(C)S(=O)(=O)c1ccc(NC(=O)C[NH+](C)Cc2ccc(Br)cc2)cc1. The Labute approximate surface area is 163 Å². The summed E-state index contributed by atoms with van der Waals surface area (Å²) in [7, 11) is 1.45. The van der Waals surface area contributed by atoms with Crippen LogP contribution in [0.5, 0.6) is 0 Å². The van der Waals surface area contributed by atoms with Gasteiger partial charge in [-0.15, -0.1) is 0 Å². The van der Waals surface area contributed by atoms with E-state index in [9.17, 15) is 13.2 Å². The molecule has 0 aromatic heterocycles. The number of hydrogen-bond donors (Lipinski definition) is 2. The van der Waals surface area contributed by atoms with Gasteiger partial charge in [0.25, 0.3) is 5.91 Å². The van der Waals surface area contributed by atoms with Gasteiger partial charge in [-0.2, -0.15) is 0 Å². The van der Waals surface area contributed by atoms with Crippen molar-refractivity contribution in [3.05, 3.63) is 58.6 Å². The molecule has 0 heterocycles. The summed E-state index contributed by atoms with van der Waals surface area (Å²) >= 11 is 3.40. The van der Waals surface area contributed by atoms with E-state index >= 15 is 0 Å². The Morgan fingerprint density at radius 2 is 1.65 bits per heavy atom. The molecule has 0 saturated carbocycles. The van der Waals surface area contributed by atoms with Crippen LogP contribution in [0.25, 0.3) is 0 Å². The number of likely N-dealkylation sites (N-methyl/N-ethyl adjacent to an activating group) is 1. The van der Waals surface area contributed by atoms with Crippen LogP contribution in [0.2, 0.25) is 0 Å². The van der Waals surface area contributed by atoms with Gasteiger partial charge in [0, 0.05) is 29.8 Å². The molecule has 2 aromatic carbocycles. The van der Waals surface area contributed by atoms with Crippen LogP contribution in [0, 0.1) is 0 Å². The van der Waals surface area contributed by atoms with Crippen LogP contribution in [0.4, 0.5) is 5.69 Å². The lowest BCUT2D eigenvalue weighted by atomic mass is 10.2. The van der Waals surface area contributed by atoms with E-state index in [-0.39, 0.29) is 10.8 Å². The molecule has 0 saturated heterocycles. The summed E-state index contributed by atoms with van der Waals surface area (Å²) in [6.07, 6.45) is 0. The first kappa shape index (κ1) is 20.6. The van der Waals surface area contributed by atoms with E-state index in [1.165, 1.54) is 26.2 Å². The number of nitrogens with zero attached hydrogens (tertiary/aromatic N) is 1. The Balaban J connectivity index is 1.92. The van der Waals surface area contributed by atoms with Gasteiger partial charge < -0.3 is 10.2 Å². The molecule has 1 atom stereocenters. The Bertz CT molecular complexity index is 850. The zero-order valence-electron chi connectivity index (χ0n) is 15.0. The predicted octanol–water partition coefficient (Wildman–Crippen LogP) is 1.35. The summed E-state index contributed by atoms with van der Waals surface area (Å²) in [6, 6.07) is 14.2. The first-order valence-electron chi connectivity index (χ1n) is 8.06. The number of carbonyl (C=O) groups is 1. The van der Waals surface area contributed by atoms with Crippen LogP contribution in [-0.2, 0) is 21.4 Å². The van der Waals surface area contributed by atoms with Gasteiger partial charge in [0.2, 0.25) is 10.0 Å². The van der Waals surface area contributed by atoms with Crippen LogP contribution < -0.4 is 10.2 Å². The smallest absolute Gasteiger partial charge is 0.279 e. The number of carbonyl (C=O) groups excluding carboxylic acids is 1. The van der Waals surface area contributed by atoms with Crippen molar-refractivity contribution in [2.75, 3.05) is 33.0 Å². The van der Waals surface area contributed by atoms with E-state index in [1.807, 2.05) is 31.3 Å². The van der Waals surface area contributed by atoms with E-state index in [0.717, 1.165) is 25.8 Å². The van der Waals surface area contributed by atoms with Crippen molar-refractivity contribution in [1.29, 1.82) is 0 Å². The fraction of sp³-hybridized carbons (Fsp3) is 0.278. The van der Waals surface area contributed by atoms with E-state index in [4.69, 9.17) is 0 Å². The third-order valence-corrected chi connectivity index (χ3v) is 6.16. The third-order valence-electron chi connectivity index (χ3n) is 3.80. The minimum atomic E-state index is -3.47. The van der Waals surface area contributed by atoms with Gasteiger partial charge in [-0.25, -0.2) is 12.7 Å². The van der Waals surface area contributed by atoms with Crippen molar-refractivity contribution in [2.24, 2.45) is 0 Å². The normalized spacial score (nSPS) is 12.8. The average molecular weight is 441 g/mol. The standard InChI is InChI=1S/C18H22BrN3O3S/c1-21(2)26(24,25)17-10-8-16(9-11-17)20-18(23)13-22(3)12-14-4-6-15(19)7-5-14/h4-11H,12-13H2,1-3H3,(H,20,23)/p+1. The number of quaternary nitrogens is 1. The van der Waals surface area contributed by atoms with Gasteiger partial charge in [0.05, 0.1) is 11.9 Å². The first-order valence-corrected chi connectivity index (χ1v) is 10.3. The largest absolute Gasteiger partial charge is 0.326 e. The van der Waals surface area contributed by atoms with Crippen LogP contribution in [0.1, 0.15) is 5.56 Å². The second kappa shape index (κ2) is 8.77. The van der Waals surface area contributed by atoms with Gasteiger partial charge in [-0.05, 0) is 36.4 Å². The van der Waals surface area contributed by atoms with Crippen molar-refractivity contribution in [1.82, 2.24) is 4.31 Å². The van der Waals surface area contributed by atoms with E-state index < -0.39 is 10.0 Å². The summed E-state index contributed by atoms with van der Waals surface area (Å²) in [6.45, 7) is 1.05. The molecule has 0 aliphatic carbocycles. The monoisotopic (exact) mass is 440 g/mol. The van der Waals surface area contributed by atoms with Crippen molar-refractivity contribution in [2.45, 2.75) is 11.4 Å². The number of nitrogens with one attached hydrogen (secondary N) is 2. The Hall–Kier alpha value is -1.74. The number of benzene rings is 2. The molecule has 0 aliphatic rings.